The Morgan fingerprint density at radius 1 is 1.47 bits per heavy atom. The molecule has 0 aromatic heterocycles. The standard InChI is InChI=1S/C13H21ClN2O/c1-10(17)5-6-16(2)9-12-4-3-11(8-15)7-13(12)14/h3-4,7,10,17H,5-6,8-9,15H2,1-2H3. The molecule has 1 unspecified atom stereocenters. The van der Waals surface area contributed by atoms with Gasteiger partial charge in [0, 0.05) is 24.7 Å². The Labute approximate surface area is 108 Å². The van der Waals surface area contributed by atoms with E-state index in [9.17, 15) is 5.11 Å². The summed E-state index contributed by atoms with van der Waals surface area (Å²) in [6, 6.07) is 5.94. The maximum absolute atomic E-state index is 9.22. The van der Waals surface area contributed by atoms with Crippen LogP contribution >= 0.6 is 11.6 Å². The molecule has 0 spiro atoms. The number of hydrogen-bond acceptors (Lipinski definition) is 3. The first-order chi connectivity index (χ1) is 8.02. The molecule has 0 bridgehead atoms. The second kappa shape index (κ2) is 6.97. The van der Waals surface area contributed by atoms with Gasteiger partial charge in [0.2, 0.25) is 0 Å². The highest BCUT2D eigenvalue weighted by Crippen LogP contribution is 2.19. The molecular formula is C13H21ClN2O. The van der Waals surface area contributed by atoms with Crippen molar-refractivity contribution in [2.24, 2.45) is 5.73 Å². The zero-order valence-corrected chi connectivity index (χ0v) is 11.2. The first-order valence-corrected chi connectivity index (χ1v) is 6.24. The van der Waals surface area contributed by atoms with Crippen LogP contribution < -0.4 is 5.73 Å². The van der Waals surface area contributed by atoms with Crippen LogP contribution in [0.25, 0.3) is 0 Å². The van der Waals surface area contributed by atoms with E-state index < -0.39 is 0 Å². The largest absolute Gasteiger partial charge is 0.393 e. The maximum atomic E-state index is 9.22. The second-order valence-corrected chi connectivity index (χ2v) is 4.91. The number of benzene rings is 1. The van der Waals surface area contributed by atoms with Gasteiger partial charge in [-0.05, 0) is 37.6 Å². The monoisotopic (exact) mass is 256 g/mol. The zero-order chi connectivity index (χ0) is 12.8. The third-order valence-electron chi connectivity index (χ3n) is 2.72. The average molecular weight is 257 g/mol. The van der Waals surface area contributed by atoms with E-state index in [1.165, 1.54) is 0 Å². The van der Waals surface area contributed by atoms with Crippen molar-refractivity contribution in [2.75, 3.05) is 13.6 Å². The number of aliphatic hydroxyl groups excluding tert-OH is 1. The third-order valence-corrected chi connectivity index (χ3v) is 3.07. The lowest BCUT2D eigenvalue weighted by Crippen LogP contribution is -2.22. The summed E-state index contributed by atoms with van der Waals surface area (Å²) in [5.41, 5.74) is 7.70. The minimum atomic E-state index is -0.257. The molecule has 1 atom stereocenters. The van der Waals surface area contributed by atoms with Gasteiger partial charge in [0.15, 0.2) is 0 Å². The van der Waals surface area contributed by atoms with Crippen LogP contribution in [0.15, 0.2) is 18.2 Å². The summed E-state index contributed by atoms with van der Waals surface area (Å²) in [6.07, 6.45) is 0.516. The fraction of sp³-hybridized carbons (Fsp3) is 0.538. The average Bonchev–Trinajstić information content (AvgIpc) is 2.29. The highest BCUT2D eigenvalue weighted by atomic mass is 35.5. The van der Waals surface area contributed by atoms with Gasteiger partial charge < -0.3 is 15.7 Å². The maximum Gasteiger partial charge on any atom is 0.0524 e. The fourth-order valence-corrected chi connectivity index (χ4v) is 1.89. The van der Waals surface area contributed by atoms with Crippen LogP contribution in [0.3, 0.4) is 0 Å². The minimum absolute atomic E-state index is 0.257. The first-order valence-electron chi connectivity index (χ1n) is 5.87. The van der Waals surface area contributed by atoms with Crippen molar-refractivity contribution in [2.45, 2.75) is 32.5 Å². The number of rotatable bonds is 6. The highest BCUT2D eigenvalue weighted by Gasteiger charge is 2.06. The molecule has 0 radical (unpaired) electrons. The summed E-state index contributed by atoms with van der Waals surface area (Å²) in [4.78, 5) is 2.15. The molecule has 0 aliphatic heterocycles. The number of halogens is 1. The predicted molar refractivity (Wildman–Crippen MR) is 72.0 cm³/mol. The van der Waals surface area contributed by atoms with Gasteiger partial charge in [-0.25, -0.2) is 0 Å². The van der Waals surface area contributed by atoms with Crippen LogP contribution in [0.1, 0.15) is 24.5 Å². The Balaban J connectivity index is 2.56. The van der Waals surface area contributed by atoms with Crippen LogP contribution in [0.5, 0.6) is 0 Å². The molecular weight excluding hydrogens is 236 g/mol. The van der Waals surface area contributed by atoms with E-state index in [1.54, 1.807) is 6.92 Å². The van der Waals surface area contributed by atoms with Crippen molar-refractivity contribution in [3.05, 3.63) is 34.3 Å². The Morgan fingerprint density at radius 3 is 2.71 bits per heavy atom. The van der Waals surface area contributed by atoms with Crippen LogP contribution in [0.2, 0.25) is 5.02 Å². The van der Waals surface area contributed by atoms with E-state index in [4.69, 9.17) is 17.3 Å². The van der Waals surface area contributed by atoms with Crippen LogP contribution in [0, 0.1) is 0 Å². The van der Waals surface area contributed by atoms with Gasteiger partial charge in [-0.3, -0.25) is 0 Å². The molecule has 0 saturated heterocycles. The van der Waals surface area contributed by atoms with Crippen LogP contribution in [-0.4, -0.2) is 29.7 Å². The van der Waals surface area contributed by atoms with Gasteiger partial charge in [-0.15, -0.1) is 0 Å². The Morgan fingerprint density at radius 2 is 2.18 bits per heavy atom. The normalized spacial score (nSPS) is 13.1. The molecule has 0 saturated carbocycles. The summed E-state index contributed by atoms with van der Waals surface area (Å²) >= 11 is 6.18. The van der Waals surface area contributed by atoms with E-state index in [0.29, 0.717) is 6.54 Å². The molecule has 0 aliphatic rings. The van der Waals surface area contributed by atoms with Gasteiger partial charge in [-0.2, -0.15) is 0 Å². The van der Waals surface area contributed by atoms with Crippen molar-refractivity contribution in [1.29, 1.82) is 0 Å². The van der Waals surface area contributed by atoms with E-state index in [2.05, 4.69) is 4.90 Å². The van der Waals surface area contributed by atoms with Gasteiger partial charge in [0.05, 0.1) is 6.10 Å². The number of nitrogens with two attached hydrogens (primary N) is 1. The van der Waals surface area contributed by atoms with Crippen LogP contribution in [0.4, 0.5) is 0 Å². The van der Waals surface area contributed by atoms with Gasteiger partial charge in [-0.1, -0.05) is 23.7 Å². The highest BCUT2D eigenvalue weighted by molar-refractivity contribution is 6.31. The molecule has 4 heteroatoms. The number of hydrogen-bond donors (Lipinski definition) is 2. The van der Waals surface area contributed by atoms with Crippen molar-refractivity contribution in [3.63, 3.8) is 0 Å². The lowest BCUT2D eigenvalue weighted by atomic mass is 10.1. The zero-order valence-electron chi connectivity index (χ0n) is 10.5. The molecule has 3 nitrogen and oxygen atoms in total. The van der Waals surface area contributed by atoms with E-state index >= 15 is 0 Å². The third kappa shape index (κ3) is 5.04. The summed E-state index contributed by atoms with van der Waals surface area (Å²) in [5, 5.41) is 9.98. The Hall–Kier alpha value is -0.610. The molecule has 0 aliphatic carbocycles. The molecule has 0 amide bonds. The van der Waals surface area contributed by atoms with Gasteiger partial charge in [0.25, 0.3) is 0 Å². The molecule has 1 aromatic rings. The smallest absolute Gasteiger partial charge is 0.0524 e. The molecule has 0 heterocycles. The van der Waals surface area contributed by atoms with Crippen molar-refractivity contribution in [3.8, 4) is 0 Å². The number of nitrogens with zero attached hydrogens (tertiary/aromatic N) is 1. The van der Waals surface area contributed by atoms with Gasteiger partial charge >= 0.3 is 0 Å². The SMILES string of the molecule is CC(O)CCN(C)Cc1ccc(CN)cc1Cl. The topological polar surface area (TPSA) is 49.5 Å². The molecule has 96 valence electrons. The fourth-order valence-electron chi connectivity index (χ4n) is 1.62. The van der Waals surface area contributed by atoms with Crippen molar-refractivity contribution in [1.82, 2.24) is 4.90 Å². The minimum Gasteiger partial charge on any atom is -0.393 e. The quantitative estimate of drug-likeness (QED) is 0.819. The van der Waals surface area contributed by atoms with E-state index in [0.717, 1.165) is 35.7 Å². The van der Waals surface area contributed by atoms with Crippen molar-refractivity contribution >= 4 is 11.6 Å². The molecule has 1 aromatic carbocycles. The molecule has 17 heavy (non-hydrogen) atoms. The molecule has 0 fully saturated rings. The molecule has 3 N–H and O–H groups in total. The van der Waals surface area contributed by atoms with Crippen LogP contribution in [-0.2, 0) is 13.1 Å². The predicted octanol–water partition coefficient (Wildman–Crippen LogP) is 2.00. The molecule has 1 rings (SSSR count). The van der Waals surface area contributed by atoms with E-state index in [-0.39, 0.29) is 6.10 Å². The summed E-state index contributed by atoms with van der Waals surface area (Å²) < 4.78 is 0. The lowest BCUT2D eigenvalue weighted by Gasteiger charge is -2.18. The summed E-state index contributed by atoms with van der Waals surface area (Å²) in [6.45, 7) is 3.96. The Kier molecular flexibility index (Phi) is 5.92. The van der Waals surface area contributed by atoms with Crippen molar-refractivity contribution < 1.29 is 5.11 Å². The summed E-state index contributed by atoms with van der Waals surface area (Å²) in [5.74, 6) is 0. The second-order valence-electron chi connectivity index (χ2n) is 4.51. The van der Waals surface area contributed by atoms with Gasteiger partial charge in [0.1, 0.15) is 0 Å². The first kappa shape index (κ1) is 14.5. The Bertz CT molecular complexity index is 355. The van der Waals surface area contributed by atoms with E-state index in [1.807, 2.05) is 25.2 Å². The number of aliphatic hydroxyl groups is 1. The lowest BCUT2D eigenvalue weighted by molar-refractivity contribution is 0.163. The summed E-state index contributed by atoms with van der Waals surface area (Å²) in [7, 11) is 2.02.